The van der Waals surface area contributed by atoms with Crippen LogP contribution in [0, 0.1) is 0 Å². The standard InChI is InChI=1S/C51H101N2O6P/c1-6-8-10-12-14-16-18-20-22-23-24-25-26-27-28-29-30-31-32-34-36-38-40-42-44-50(54)49(48-59-60(56,57)58-47-46-53(3,4)5)52-51(55)45-43-41-39-37-35-33-21-19-17-15-13-11-9-7-2/h13,15,19,21,49-50,54H,6-12,14,16-18,20,22-48H2,1-5H3,(H-,52,55,56,57)/b15-13-,21-19-. The highest BCUT2D eigenvalue weighted by atomic mass is 31.2. The highest BCUT2D eigenvalue weighted by molar-refractivity contribution is 7.45. The summed E-state index contributed by atoms with van der Waals surface area (Å²) >= 11 is 0. The Kier molecular flexibility index (Phi) is 42.5. The van der Waals surface area contributed by atoms with Crippen LogP contribution in [0.1, 0.15) is 245 Å². The molecule has 0 spiro atoms. The number of likely N-dealkylation sites (N-methyl/N-ethyl adjacent to an activating group) is 1. The summed E-state index contributed by atoms with van der Waals surface area (Å²) in [7, 11) is 1.30. The summed E-state index contributed by atoms with van der Waals surface area (Å²) in [5, 5.41) is 14.0. The number of nitrogens with one attached hydrogen (secondary N) is 1. The van der Waals surface area contributed by atoms with Crippen LogP contribution in [0.3, 0.4) is 0 Å². The van der Waals surface area contributed by atoms with Gasteiger partial charge in [0, 0.05) is 6.42 Å². The van der Waals surface area contributed by atoms with Gasteiger partial charge in [-0.25, -0.2) is 0 Å². The monoisotopic (exact) mass is 869 g/mol. The van der Waals surface area contributed by atoms with Gasteiger partial charge in [-0.15, -0.1) is 0 Å². The van der Waals surface area contributed by atoms with Crippen molar-refractivity contribution in [3.63, 3.8) is 0 Å². The van der Waals surface area contributed by atoms with Crippen LogP contribution >= 0.6 is 7.82 Å². The van der Waals surface area contributed by atoms with E-state index in [2.05, 4.69) is 43.5 Å². The van der Waals surface area contributed by atoms with Gasteiger partial charge < -0.3 is 28.8 Å². The Labute approximate surface area is 373 Å². The molecule has 0 saturated heterocycles. The highest BCUT2D eigenvalue weighted by Crippen LogP contribution is 2.38. The molecule has 0 fully saturated rings. The van der Waals surface area contributed by atoms with Crippen molar-refractivity contribution in [2.24, 2.45) is 0 Å². The molecule has 0 aliphatic rings. The minimum absolute atomic E-state index is 0.0101. The van der Waals surface area contributed by atoms with Crippen molar-refractivity contribution in [1.82, 2.24) is 5.32 Å². The molecule has 2 N–H and O–H groups in total. The van der Waals surface area contributed by atoms with E-state index in [0.29, 0.717) is 23.9 Å². The summed E-state index contributed by atoms with van der Waals surface area (Å²) in [6.45, 7) is 4.69. The van der Waals surface area contributed by atoms with Gasteiger partial charge in [0.2, 0.25) is 5.91 Å². The van der Waals surface area contributed by atoms with Crippen LogP contribution in [0.2, 0.25) is 0 Å². The number of quaternary nitrogens is 1. The van der Waals surface area contributed by atoms with Crippen LogP contribution in [0.25, 0.3) is 0 Å². The molecule has 0 aliphatic heterocycles. The Morgan fingerprint density at radius 1 is 0.583 bits per heavy atom. The lowest BCUT2D eigenvalue weighted by atomic mass is 10.0. The number of amides is 1. The Hall–Kier alpha value is -1.02. The molecule has 0 rings (SSSR count). The first kappa shape index (κ1) is 59.0. The molecule has 60 heavy (non-hydrogen) atoms. The maximum Gasteiger partial charge on any atom is 0.268 e. The van der Waals surface area contributed by atoms with Crippen molar-refractivity contribution in [3.05, 3.63) is 24.3 Å². The molecule has 3 unspecified atom stereocenters. The maximum atomic E-state index is 12.9. The number of aliphatic hydroxyl groups is 1. The number of phosphoric ester groups is 1. The fourth-order valence-corrected chi connectivity index (χ4v) is 8.31. The largest absolute Gasteiger partial charge is 0.756 e. The van der Waals surface area contributed by atoms with E-state index in [9.17, 15) is 19.4 Å². The number of hydrogen-bond donors (Lipinski definition) is 2. The SMILES string of the molecule is CCCC/C=C\C/C=C\CCCCCCCC(=O)NC(COP(=O)([O-])OCC[N+](C)(C)C)C(O)CCCCCCCCCCCCCCCCCCCCCCCCCC. The summed E-state index contributed by atoms with van der Waals surface area (Å²) in [5.41, 5.74) is 0. The minimum atomic E-state index is -4.57. The molecular formula is C51H101N2O6P. The predicted octanol–water partition coefficient (Wildman–Crippen LogP) is 14.2. The average Bonchev–Trinajstić information content (AvgIpc) is 3.20. The fourth-order valence-electron chi connectivity index (χ4n) is 7.59. The van der Waals surface area contributed by atoms with Crippen molar-refractivity contribution in [1.29, 1.82) is 0 Å². The second-order valence-corrected chi connectivity index (χ2v) is 20.3. The quantitative estimate of drug-likeness (QED) is 0.0273. The van der Waals surface area contributed by atoms with Crippen molar-refractivity contribution in [3.8, 4) is 0 Å². The molecule has 0 aliphatic carbocycles. The van der Waals surface area contributed by atoms with Gasteiger partial charge in [-0.05, 0) is 38.5 Å². The highest BCUT2D eigenvalue weighted by Gasteiger charge is 2.24. The third-order valence-electron chi connectivity index (χ3n) is 11.7. The molecule has 0 heterocycles. The molecule has 8 nitrogen and oxygen atoms in total. The number of unbranched alkanes of at least 4 members (excludes halogenated alkanes) is 30. The Balaban J connectivity index is 4.19. The van der Waals surface area contributed by atoms with Gasteiger partial charge in [-0.3, -0.25) is 9.36 Å². The predicted molar refractivity (Wildman–Crippen MR) is 256 cm³/mol. The van der Waals surface area contributed by atoms with E-state index in [1.807, 2.05) is 21.1 Å². The summed E-state index contributed by atoms with van der Waals surface area (Å²) in [6, 6.07) is -0.806. The third-order valence-corrected chi connectivity index (χ3v) is 12.7. The van der Waals surface area contributed by atoms with Crippen LogP contribution in [0.5, 0.6) is 0 Å². The Bertz CT molecular complexity index is 1030. The first-order chi connectivity index (χ1) is 29.0. The van der Waals surface area contributed by atoms with E-state index in [-0.39, 0.29) is 19.1 Å². The topological polar surface area (TPSA) is 108 Å². The zero-order chi connectivity index (χ0) is 44.3. The minimum Gasteiger partial charge on any atom is -0.756 e. The van der Waals surface area contributed by atoms with Crippen LogP contribution in [-0.4, -0.2) is 68.5 Å². The number of carbonyl (C=O) groups is 1. The van der Waals surface area contributed by atoms with Crippen LogP contribution in [0.15, 0.2) is 24.3 Å². The summed E-state index contributed by atoms with van der Waals surface area (Å²) < 4.78 is 23.3. The summed E-state index contributed by atoms with van der Waals surface area (Å²) in [4.78, 5) is 25.4. The normalized spacial score (nSPS) is 14.3. The van der Waals surface area contributed by atoms with Gasteiger partial charge in [0.1, 0.15) is 13.2 Å². The van der Waals surface area contributed by atoms with Crippen molar-refractivity contribution in [2.45, 2.75) is 257 Å². The van der Waals surface area contributed by atoms with E-state index in [4.69, 9.17) is 9.05 Å². The van der Waals surface area contributed by atoms with E-state index in [1.54, 1.807) is 0 Å². The molecule has 9 heteroatoms. The van der Waals surface area contributed by atoms with Crippen LogP contribution in [0.4, 0.5) is 0 Å². The van der Waals surface area contributed by atoms with Crippen molar-refractivity contribution < 1.29 is 32.9 Å². The number of phosphoric acid groups is 1. The number of aliphatic hydroxyl groups excluding tert-OH is 1. The molecule has 0 aromatic carbocycles. The summed E-state index contributed by atoms with van der Waals surface area (Å²) in [6.07, 6.45) is 52.0. The molecule has 0 aromatic rings. The maximum absolute atomic E-state index is 12.9. The molecule has 0 saturated carbocycles. The number of hydrogen-bond acceptors (Lipinski definition) is 6. The van der Waals surface area contributed by atoms with Gasteiger partial charge >= 0.3 is 0 Å². The number of rotatable bonds is 47. The number of carbonyl (C=O) groups excluding carboxylic acids is 1. The molecule has 0 aromatic heterocycles. The zero-order valence-corrected chi connectivity index (χ0v) is 41.3. The first-order valence-corrected chi connectivity index (χ1v) is 27.1. The fraction of sp³-hybridized carbons (Fsp3) is 0.902. The van der Waals surface area contributed by atoms with Crippen LogP contribution in [-0.2, 0) is 18.4 Å². The van der Waals surface area contributed by atoms with E-state index in [0.717, 1.165) is 64.2 Å². The van der Waals surface area contributed by atoms with Crippen LogP contribution < -0.4 is 10.2 Å². The van der Waals surface area contributed by atoms with Gasteiger partial charge in [0.05, 0.1) is 39.9 Å². The second kappa shape index (κ2) is 43.2. The van der Waals surface area contributed by atoms with E-state index < -0.39 is 20.0 Å². The van der Waals surface area contributed by atoms with E-state index in [1.165, 1.54) is 154 Å². The molecule has 0 radical (unpaired) electrons. The smallest absolute Gasteiger partial charge is 0.268 e. The average molecular weight is 869 g/mol. The third kappa shape index (κ3) is 45.0. The second-order valence-electron chi connectivity index (χ2n) is 18.9. The van der Waals surface area contributed by atoms with Gasteiger partial charge in [0.15, 0.2) is 0 Å². The zero-order valence-electron chi connectivity index (χ0n) is 40.4. The molecular weight excluding hydrogens is 768 g/mol. The van der Waals surface area contributed by atoms with Gasteiger partial charge in [-0.2, -0.15) is 0 Å². The Morgan fingerprint density at radius 3 is 1.43 bits per heavy atom. The molecule has 1 amide bonds. The Morgan fingerprint density at radius 2 is 0.983 bits per heavy atom. The first-order valence-electron chi connectivity index (χ1n) is 25.7. The van der Waals surface area contributed by atoms with E-state index >= 15 is 0 Å². The number of allylic oxidation sites excluding steroid dienone is 4. The molecule has 3 atom stereocenters. The van der Waals surface area contributed by atoms with Crippen molar-refractivity contribution in [2.75, 3.05) is 40.9 Å². The summed E-state index contributed by atoms with van der Waals surface area (Å²) in [5.74, 6) is -0.177. The molecule has 0 bridgehead atoms. The van der Waals surface area contributed by atoms with Gasteiger partial charge in [0.25, 0.3) is 7.82 Å². The lowest BCUT2D eigenvalue weighted by Crippen LogP contribution is -2.46. The number of nitrogens with zero attached hydrogens (tertiary/aromatic N) is 1. The molecule has 356 valence electrons. The van der Waals surface area contributed by atoms with Gasteiger partial charge in [-0.1, -0.05) is 224 Å². The lowest BCUT2D eigenvalue weighted by Gasteiger charge is -2.30. The van der Waals surface area contributed by atoms with Crippen molar-refractivity contribution >= 4 is 13.7 Å². The lowest BCUT2D eigenvalue weighted by molar-refractivity contribution is -0.870.